The van der Waals surface area contributed by atoms with Gasteiger partial charge in [0.2, 0.25) is 0 Å². The minimum Gasteiger partial charge on any atom is -0.465 e. The van der Waals surface area contributed by atoms with Crippen LogP contribution >= 0.6 is 0 Å². The molecule has 0 aliphatic carbocycles. The number of rotatable bonds is 5. The van der Waals surface area contributed by atoms with Gasteiger partial charge >= 0.3 is 5.97 Å². The Bertz CT molecular complexity index is 294. The Hall–Kier alpha value is -0.650. The third-order valence-electron chi connectivity index (χ3n) is 3.60. The fourth-order valence-electron chi connectivity index (χ4n) is 2.10. The van der Waals surface area contributed by atoms with Crippen LogP contribution < -0.4 is 5.32 Å². The molecule has 0 spiro atoms. The Morgan fingerprint density at radius 2 is 2.22 bits per heavy atom. The Morgan fingerprint density at radius 3 is 2.72 bits per heavy atom. The highest BCUT2D eigenvalue weighted by molar-refractivity contribution is 5.80. The molecule has 1 saturated heterocycles. The summed E-state index contributed by atoms with van der Waals surface area (Å²) in [6.45, 7) is 11.2. The minimum absolute atomic E-state index is 0.0527. The summed E-state index contributed by atoms with van der Waals surface area (Å²) >= 11 is 0. The van der Waals surface area contributed by atoms with Gasteiger partial charge in [0, 0.05) is 18.6 Å². The van der Waals surface area contributed by atoms with E-state index in [1.165, 1.54) is 0 Å². The summed E-state index contributed by atoms with van der Waals surface area (Å²) in [5.41, 5.74) is -0.729. The van der Waals surface area contributed by atoms with Crippen LogP contribution in [-0.4, -0.2) is 61.9 Å². The van der Waals surface area contributed by atoms with Crippen LogP contribution in [0.3, 0.4) is 0 Å². The Balaban J connectivity index is 2.75. The van der Waals surface area contributed by atoms with Crippen molar-refractivity contribution in [1.82, 2.24) is 10.2 Å². The van der Waals surface area contributed by atoms with E-state index in [9.17, 15) is 4.79 Å². The molecule has 1 rings (SSSR count). The van der Waals surface area contributed by atoms with Crippen LogP contribution in [0, 0.1) is 0 Å². The van der Waals surface area contributed by atoms with Gasteiger partial charge in [0.25, 0.3) is 0 Å². The highest BCUT2D eigenvalue weighted by Crippen LogP contribution is 2.22. The predicted octanol–water partition coefficient (Wildman–Crippen LogP) is 0.638. The van der Waals surface area contributed by atoms with Gasteiger partial charge in [-0.3, -0.25) is 9.69 Å². The standard InChI is InChI=1S/C13H26N2O3/c1-6-18-11(16)13(4,14-5)9-15-7-8-17-10-12(15,2)3/h14H,6-10H2,1-5H3. The maximum Gasteiger partial charge on any atom is 0.327 e. The average Bonchev–Trinajstić information content (AvgIpc) is 2.32. The lowest BCUT2D eigenvalue weighted by Gasteiger charge is -2.45. The van der Waals surface area contributed by atoms with Crippen molar-refractivity contribution in [2.45, 2.75) is 38.8 Å². The van der Waals surface area contributed by atoms with E-state index in [2.05, 4.69) is 24.1 Å². The van der Waals surface area contributed by atoms with Crippen molar-refractivity contribution in [1.29, 1.82) is 0 Å². The molecular formula is C13H26N2O3. The van der Waals surface area contributed by atoms with E-state index in [1.54, 1.807) is 7.05 Å². The Kier molecular flexibility index (Phi) is 5.13. The average molecular weight is 258 g/mol. The molecule has 5 nitrogen and oxygen atoms in total. The zero-order valence-corrected chi connectivity index (χ0v) is 12.2. The second-order valence-electron chi connectivity index (χ2n) is 5.59. The summed E-state index contributed by atoms with van der Waals surface area (Å²) in [6, 6.07) is 0. The predicted molar refractivity (Wildman–Crippen MR) is 70.6 cm³/mol. The van der Waals surface area contributed by atoms with E-state index in [0.29, 0.717) is 26.4 Å². The van der Waals surface area contributed by atoms with E-state index < -0.39 is 5.54 Å². The number of ether oxygens (including phenoxy) is 2. The molecule has 0 aromatic heterocycles. The second-order valence-corrected chi connectivity index (χ2v) is 5.59. The summed E-state index contributed by atoms with van der Waals surface area (Å²) < 4.78 is 10.6. The number of hydrogen-bond donors (Lipinski definition) is 1. The molecule has 0 radical (unpaired) electrons. The van der Waals surface area contributed by atoms with Gasteiger partial charge in [0.05, 0.1) is 19.8 Å². The second kappa shape index (κ2) is 5.99. The summed E-state index contributed by atoms with van der Waals surface area (Å²) in [5.74, 6) is -0.199. The fraction of sp³-hybridized carbons (Fsp3) is 0.923. The molecule has 1 fully saturated rings. The van der Waals surface area contributed by atoms with Crippen molar-refractivity contribution in [2.75, 3.05) is 40.0 Å². The quantitative estimate of drug-likeness (QED) is 0.733. The lowest BCUT2D eigenvalue weighted by molar-refractivity contribution is -0.153. The molecule has 0 amide bonds. The Labute approximate surface area is 110 Å². The zero-order valence-electron chi connectivity index (χ0n) is 12.2. The molecule has 5 heteroatoms. The molecule has 0 saturated carbocycles. The van der Waals surface area contributed by atoms with Gasteiger partial charge in [0.1, 0.15) is 5.54 Å². The molecule has 0 bridgehead atoms. The number of esters is 1. The number of carbonyl (C=O) groups excluding carboxylic acids is 1. The van der Waals surface area contributed by atoms with Gasteiger partial charge in [0.15, 0.2) is 0 Å². The van der Waals surface area contributed by atoms with Gasteiger partial charge in [-0.2, -0.15) is 0 Å². The van der Waals surface area contributed by atoms with E-state index in [4.69, 9.17) is 9.47 Å². The highest BCUT2D eigenvalue weighted by atomic mass is 16.5. The van der Waals surface area contributed by atoms with Gasteiger partial charge in [-0.25, -0.2) is 0 Å². The summed E-state index contributed by atoms with van der Waals surface area (Å²) in [5, 5.41) is 3.09. The maximum atomic E-state index is 12.0. The molecule has 1 atom stereocenters. The van der Waals surface area contributed by atoms with E-state index in [0.717, 1.165) is 6.54 Å². The molecule has 1 heterocycles. The lowest BCUT2D eigenvalue weighted by Crippen LogP contribution is -2.63. The Morgan fingerprint density at radius 1 is 1.56 bits per heavy atom. The smallest absolute Gasteiger partial charge is 0.327 e. The van der Waals surface area contributed by atoms with Gasteiger partial charge in [-0.05, 0) is 34.7 Å². The van der Waals surface area contributed by atoms with Gasteiger partial charge < -0.3 is 14.8 Å². The number of nitrogens with one attached hydrogen (secondary N) is 1. The topological polar surface area (TPSA) is 50.8 Å². The van der Waals surface area contributed by atoms with E-state index >= 15 is 0 Å². The van der Waals surface area contributed by atoms with E-state index in [-0.39, 0.29) is 11.5 Å². The summed E-state index contributed by atoms with van der Waals surface area (Å²) in [6.07, 6.45) is 0. The zero-order chi connectivity index (χ0) is 13.8. The monoisotopic (exact) mass is 258 g/mol. The number of carbonyl (C=O) groups is 1. The molecule has 18 heavy (non-hydrogen) atoms. The molecule has 1 N–H and O–H groups in total. The highest BCUT2D eigenvalue weighted by Gasteiger charge is 2.40. The molecule has 1 aliphatic rings. The van der Waals surface area contributed by atoms with Crippen molar-refractivity contribution in [3.8, 4) is 0 Å². The summed E-state index contributed by atoms with van der Waals surface area (Å²) in [4.78, 5) is 14.3. The van der Waals surface area contributed by atoms with Crippen LogP contribution in [0.5, 0.6) is 0 Å². The first-order valence-electron chi connectivity index (χ1n) is 6.54. The van der Waals surface area contributed by atoms with Crippen LogP contribution in [0.4, 0.5) is 0 Å². The number of likely N-dealkylation sites (N-methyl/N-ethyl adjacent to an activating group) is 1. The molecule has 106 valence electrons. The molecule has 0 aromatic rings. The largest absolute Gasteiger partial charge is 0.465 e. The SMILES string of the molecule is CCOC(=O)C(C)(CN1CCOCC1(C)C)NC. The van der Waals surface area contributed by atoms with Gasteiger partial charge in [-0.1, -0.05) is 0 Å². The van der Waals surface area contributed by atoms with Gasteiger partial charge in [-0.15, -0.1) is 0 Å². The molecule has 1 unspecified atom stereocenters. The first kappa shape index (κ1) is 15.4. The first-order chi connectivity index (χ1) is 8.35. The van der Waals surface area contributed by atoms with Crippen LogP contribution in [0.1, 0.15) is 27.7 Å². The minimum atomic E-state index is -0.676. The molecule has 1 aliphatic heterocycles. The first-order valence-corrected chi connectivity index (χ1v) is 6.54. The fourth-order valence-corrected chi connectivity index (χ4v) is 2.10. The van der Waals surface area contributed by atoms with Crippen molar-refractivity contribution in [2.24, 2.45) is 0 Å². The van der Waals surface area contributed by atoms with Crippen LogP contribution in [-0.2, 0) is 14.3 Å². The van der Waals surface area contributed by atoms with Crippen molar-refractivity contribution in [3.05, 3.63) is 0 Å². The van der Waals surface area contributed by atoms with Crippen LogP contribution in [0.2, 0.25) is 0 Å². The molecule has 0 aromatic carbocycles. The maximum absolute atomic E-state index is 12.0. The number of hydrogen-bond acceptors (Lipinski definition) is 5. The van der Waals surface area contributed by atoms with Crippen LogP contribution in [0.15, 0.2) is 0 Å². The number of nitrogens with zero attached hydrogens (tertiary/aromatic N) is 1. The van der Waals surface area contributed by atoms with Crippen molar-refractivity contribution in [3.63, 3.8) is 0 Å². The van der Waals surface area contributed by atoms with Crippen molar-refractivity contribution >= 4 is 5.97 Å². The summed E-state index contributed by atoms with van der Waals surface area (Å²) in [7, 11) is 1.80. The van der Waals surface area contributed by atoms with E-state index in [1.807, 2.05) is 13.8 Å². The lowest BCUT2D eigenvalue weighted by atomic mass is 9.96. The third-order valence-corrected chi connectivity index (χ3v) is 3.60. The van der Waals surface area contributed by atoms with Crippen LogP contribution in [0.25, 0.3) is 0 Å². The molecular weight excluding hydrogens is 232 g/mol. The normalized spacial score (nSPS) is 23.4. The number of morpholine rings is 1. The third kappa shape index (κ3) is 3.43. The van der Waals surface area contributed by atoms with Crippen molar-refractivity contribution < 1.29 is 14.3 Å².